The van der Waals surface area contributed by atoms with Gasteiger partial charge in [-0.2, -0.15) is 0 Å². The monoisotopic (exact) mass is 408 g/mol. The first kappa shape index (κ1) is 18.8. The molecule has 3 heterocycles. The number of amides is 3. The van der Waals surface area contributed by atoms with Gasteiger partial charge >= 0.3 is 6.03 Å². The number of carbonyl (C=O) groups is 2. The number of rotatable bonds is 6. The van der Waals surface area contributed by atoms with E-state index in [9.17, 15) is 14.7 Å². The molecule has 4 rings (SSSR count). The van der Waals surface area contributed by atoms with Crippen molar-refractivity contribution < 1.29 is 19.4 Å². The minimum Gasteiger partial charge on any atom is -0.493 e. The van der Waals surface area contributed by atoms with Gasteiger partial charge in [-0.05, 0) is 42.0 Å². The van der Waals surface area contributed by atoms with Crippen LogP contribution in [-0.2, 0) is 11.4 Å². The Labute approximate surface area is 170 Å². The summed E-state index contributed by atoms with van der Waals surface area (Å²) in [4.78, 5) is 33.0. The van der Waals surface area contributed by atoms with Crippen molar-refractivity contribution in [2.75, 3.05) is 0 Å². The highest BCUT2D eigenvalue weighted by Gasteiger charge is 2.32. The van der Waals surface area contributed by atoms with Crippen molar-refractivity contribution >= 4 is 23.7 Å². The number of imide groups is 1. The van der Waals surface area contributed by atoms with Gasteiger partial charge in [0.1, 0.15) is 18.4 Å². The number of aromatic hydroxyl groups is 1. The molecule has 8 nitrogen and oxygen atoms in total. The van der Waals surface area contributed by atoms with Gasteiger partial charge in [0, 0.05) is 40.0 Å². The highest BCUT2D eigenvalue weighted by Crippen LogP contribution is 2.34. The third-order valence-electron chi connectivity index (χ3n) is 4.16. The molecule has 3 aromatic rings. The van der Waals surface area contributed by atoms with E-state index >= 15 is 0 Å². The molecular weight excluding hydrogens is 392 g/mol. The maximum absolute atomic E-state index is 12.0. The van der Waals surface area contributed by atoms with E-state index in [0.29, 0.717) is 17.9 Å². The fourth-order valence-corrected chi connectivity index (χ4v) is 3.73. The van der Waals surface area contributed by atoms with Gasteiger partial charge in [0.2, 0.25) is 5.88 Å². The molecule has 1 unspecified atom stereocenters. The number of nitrogens with one attached hydrogen (secondary N) is 2. The Kier molecular flexibility index (Phi) is 5.30. The van der Waals surface area contributed by atoms with Crippen LogP contribution in [0.15, 0.2) is 70.8 Å². The molecule has 146 valence electrons. The van der Waals surface area contributed by atoms with Crippen LogP contribution in [0, 0.1) is 0 Å². The van der Waals surface area contributed by atoms with Crippen molar-refractivity contribution in [3.8, 4) is 11.6 Å². The summed E-state index contributed by atoms with van der Waals surface area (Å²) < 4.78 is 5.72. The Hall–Kier alpha value is -3.59. The van der Waals surface area contributed by atoms with Gasteiger partial charge in [0.15, 0.2) is 0 Å². The van der Waals surface area contributed by atoms with Gasteiger partial charge in [0.05, 0.1) is 0 Å². The Bertz CT molecular complexity index is 1060. The maximum atomic E-state index is 12.0. The van der Waals surface area contributed by atoms with E-state index in [2.05, 4.69) is 20.6 Å². The first-order valence-electron chi connectivity index (χ1n) is 8.68. The predicted molar refractivity (Wildman–Crippen MR) is 104 cm³/mol. The fraction of sp³-hybridized carbons (Fsp3) is 0.100. The average molecular weight is 408 g/mol. The fourth-order valence-electron chi connectivity index (χ4n) is 2.79. The molecule has 0 aliphatic carbocycles. The molecule has 3 amide bonds. The van der Waals surface area contributed by atoms with Gasteiger partial charge < -0.3 is 15.2 Å². The second-order valence-electron chi connectivity index (χ2n) is 6.19. The molecule has 0 saturated carbocycles. The molecule has 0 radical (unpaired) electrons. The molecule has 2 aromatic heterocycles. The molecule has 1 aliphatic rings. The number of hydrogen-bond acceptors (Lipinski definition) is 7. The first-order chi connectivity index (χ1) is 14.1. The lowest BCUT2D eigenvalue weighted by Crippen LogP contribution is -2.22. The molecule has 0 spiro atoms. The molecule has 3 N–H and O–H groups in total. The Morgan fingerprint density at radius 1 is 1.10 bits per heavy atom. The van der Waals surface area contributed by atoms with E-state index in [1.54, 1.807) is 30.6 Å². The molecule has 0 bridgehead atoms. The van der Waals surface area contributed by atoms with Crippen molar-refractivity contribution in [1.82, 2.24) is 20.6 Å². The van der Waals surface area contributed by atoms with Gasteiger partial charge in [-0.25, -0.2) is 9.78 Å². The second-order valence-corrected chi connectivity index (χ2v) is 7.31. The zero-order valence-electron chi connectivity index (χ0n) is 15.0. The van der Waals surface area contributed by atoms with Gasteiger partial charge in [-0.15, -0.1) is 0 Å². The topological polar surface area (TPSA) is 113 Å². The minimum absolute atomic E-state index is 0.0434. The number of ether oxygens (including phenoxy) is 1. The zero-order valence-corrected chi connectivity index (χ0v) is 15.8. The van der Waals surface area contributed by atoms with Crippen LogP contribution in [-0.4, -0.2) is 27.0 Å². The number of carbonyl (C=O) groups excluding carboxylic acids is 2. The van der Waals surface area contributed by atoms with Crippen LogP contribution >= 0.6 is 11.8 Å². The normalized spacial score (nSPS) is 15.7. The average Bonchev–Trinajstić information content (AvgIpc) is 3.06. The Balaban J connectivity index is 1.44. The summed E-state index contributed by atoms with van der Waals surface area (Å²) in [5.41, 5.74) is 1.45. The summed E-state index contributed by atoms with van der Waals surface area (Å²) in [5, 5.41) is 14.2. The summed E-state index contributed by atoms with van der Waals surface area (Å²) in [7, 11) is 0. The Morgan fingerprint density at radius 3 is 2.66 bits per heavy atom. The smallest absolute Gasteiger partial charge is 0.322 e. The van der Waals surface area contributed by atoms with Crippen LogP contribution in [0.1, 0.15) is 17.2 Å². The summed E-state index contributed by atoms with van der Waals surface area (Å²) in [6.07, 6.45) is 4.75. The van der Waals surface area contributed by atoms with E-state index in [1.165, 1.54) is 18.0 Å². The van der Waals surface area contributed by atoms with Gasteiger partial charge in [0.25, 0.3) is 5.91 Å². The third-order valence-corrected chi connectivity index (χ3v) is 5.26. The van der Waals surface area contributed by atoms with Crippen LogP contribution in [0.4, 0.5) is 4.79 Å². The van der Waals surface area contributed by atoms with Crippen molar-refractivity contribution in [3.05, 3.63) is 72.2 Å². The van der Waals surface area contributed by atoms with Crippen LogP contribution in [0.2, 0.25) is 0 Å². The lowest BCUT2D eigenvalue weighted by Gasteiger charge is -2.13. The Morgan fingerprint density at radius 2 is 1.93 bits per heavy atom. The number of aromatic nitrogens is 2. The molecule has 1 atom stereocenters. The summed E-state index contributed by atoms with van der Waals surface area (Å²) >= 11 is 1.46. The molecule has 29 heavy (non-hydrogen) atoms. The number of urea groups is 1. The molecular formula is C20H16N4O4S. The molecule has 1 fully saturated rings. The molecule has 1 aliphatic heterocycles. The SMILES string of the molecule is O=C1NC(=O)C(c2cnccc2Sc2ccc(OCc3ccnc(O)c3)cc2)N1. The lowest BCUT2D eigenvalue weighted by molar-refractivity contribution is -0.120. The highest BCUT2D eigenvalue weighted by molar-refractivity contribution is 7.99. The van der Waals surface area contributed by atoms with Crippen molar-refractivity contribution in [2.24, 2.45) is 0 Å². The van der Waals surface area contributed by atoms with E-state index in [-0.39, 0.29) is 5.88 Å². The van der Waals surface area contributed by atoms with Crippen molar-refractivity contribution in [3.63, 3.8) is 0 Å². The third kappa shape index (κ3) is 4.46. The minimum atomic E-state index is -0.752. The van der Waals surface area contributed by atoms with Crippen LogP contribution < -0.4 is 15.4 Å². The number of benzene rings is 1. The van der Waals surface area contributed by atoms with Gasteiger partial charge in [-0.1, -0.05) is 11.8 Å². The van der Waals surface area contributed by atoms with E-state index in [4.69, 9.17) is 4.74 Å². The highest BCUT2D eigenvalue weighted by atomic mass is 32.2. The molecule has 1 aromatic carbocycles. The number of pyridine rings is 2. The summed E-state index contributed by atoms with van der Waals surface area (Å²) in [5.74, 6) is 0.247. The quantitative estimate of drug-likeness (QED) is 0.538. The van der Waals surface area contributed by atoms with Crippen LogP contribution in [0.3, 0.4) is 0 Å². The molecule has 1 saturated heterocycles. The van der Waals surface area contributed by atoms with E-state index in [0.717, 1.165) is 15.4 Å². The largest absolute Gasteiger partial charge is 0.493 e. The van der Waals surface area contributed by atoms with Crippen molar-refractivity contribution in [1.29, 1.82) is 0 Å². The second kappa shape index (κ2) is 8.19. The van der Waals surface area contributed by atoms with E-state index < -0.39 is 18.0 Å². The van der Waals surface area contributed by atoms with Gasteiger partial charge in [-0.3, -0.25) is 15.1 Å². The standard InChI is InChI=1S/C20H16N4O4S/c25-17-9-12(5-8-22-17)11-28-13-1-3-14(4-2-13)29-16-6-7-21-10-15(16)18-19(26)24-20(27)23-18/h1-10,18H,11H2,(H,22,25)(H2,23,24,26,27). The number of hydrogen-bond donors (Lipinski definition) is 3. The van der Waals surface area contributed by atoms with E-state index in [1.807, 2.05) is 24.3 Å². The van der Waals surface area contributed by atoms with Crippen LogP contribution in [0.5, 0.6) is 11.6 Å². The van der Waals surface area contributed by atoms with Crippen molar-refractivity contribution in [2.45, 2.75) is 22.4 Å². The number of nitrogens with zero attached hydrogens (tertiary/aromatic N) is 2. The maximum Gasteiger partial charge on any atom is 0.322 e. The van der Waals surface area contributed by atoms with Crippen LogP contribution in [0.25, 0.3) is 0 Å². The summed E-state index contributed by atoms with van der Waals surface area (Å²) in [6, 6.07) is 11.4. The lowest BCUT2D eigenvalue weighted by atomic mass is 10.1. The zero-order chi connectivity index (χ0) is 20.2. The molecule has 9 heteroatoms. The summed E-state index contributed by atoms with van der Waals surface area (Å²) in [6.45, 7) is 0.313. The predicted octanol–water partition coefficient (Wildman–Crippen LogP) is 2.79. The first-order valence-corrected chi connectivity index (χ1v) is 9.50.